The largest absolute Gasteiger partial charge is 0.370 e. The molecule has 0 bridgehead atoms. The Morgan fingerprint density at radius 3 is 2.81 bits per heavy atom. The molecule has 0 amide bonds. The van der Waals surface area contributed by atoms with E-state index in [1.807, 2.05) is 25.1 Å². The fourth-order valence-electron chi connectivity index (χ4n) is 2.11. The van der Waals surface area contributed by atoms with E-state index in [1.165, 1.54) is 0 Å². The number of aromatic nitrogens is 2. The molecular formula is C15H24IN5. The maximum atomic E-state index is 5.83. The summed E-state index contributed by atoms with van der Waals surface area (Å²) in [6.45, 7) is 8.59. The number of nitrogens with zero attached hydrogens (tertiary/aromatic N) is 3. The van der Waals surface area contributed by atoms with E-state index in [4.69, 9.17) is 5.73 Å². The van der Waals surface area contributed by atoms with Gasteiger partial charge in [-0.3, -0.25) is 4.99 Å². The van der Waals surface area contributed by atoms with Gasteiger partial charge in [0.15, 0.2) is 5.96 Å². The Labute approximate surface area is 143 Å². The van der Waals surface area contributed by atoms with Gasteiger partial charge in [0.05, 0.1) is 11.0 Å². The van der Waals surface area contributed by atoms with Gasteiger partial charge in [-0.2, -0.15) is 0 Å². The van der Waals surface area contributed by atoms with Crippen LogP contribution < -0.4 is 11.1 Å². The van der Waals surface area contributed by atoms with E-state index in [2.05, 4.69) is 39.8 Å². The zero-order valence-corrected chi connectivity index (χ0v) is 15.2. The molecule has 0 aliphatic rings. The molecule has 0 aliphatic heterocycles. The van der Waals surface area contributed by atoms with Crippen molar-refractivity contribution < 1.29 is 0 Å². The zero-order valence-electron chi connectivity index (χ0n) is 12.8. The van der Waals surface area contributed by atoms with E-state index in [9.17, 15) is 0 Å². The van der Waals surface area contributed by atoms with Gasteiger partial charge < -0.3 is 15.6 Å². The van der Waals surface area contributed by atoms with E-state index >= 15 is 0 Å². The standard InChI is InChI=1S/C15H23N5.HI/c1-11(2)10-18-15(16)17-8-9-20-12(3)19-13-6-4-5-7-14(13)20;/h4-7,11H,8-10H2,1-3H3,(H3,16,17,18);1H. The number of guanidine groups is 1. The van der Waals surface area contributed by atoms with Crippen LogP contribution in [0.1, 0.15) is 19.7 Å². The number of nitrogens with two attached hydrogens (primary N) is 1. The van der Waals surface area contributed by atoms with Crippen molar-refractivity contribution in [3.63, 3.8) is 0 Å². The van der Waals surface area contributed by atoms with E-state index in [-0.39, 0.29) is 24.0 Å². The molecule has 0 fully saturated rings. The minimum absolute atomic E-state index is 0. The lowest BCUT2D eigenvalue weighted by molar-refractivity contribution is 0.648. The van der Waals surface area contributed by atoms with Crippen molar-refractivity contribution in [2.24, 2.45) is 16.6 Å². The van der Waals surface area contributed by atoms with Crippen LogP contribution in [0, 0.1) is 12.8 Å². The highest BCUT2D eigenvalue weighted by Crippen LogP contribution is 2.14. The molecule has 0 atom stereocenters. The molecule has 1 heterocycles. The van der Waals surface area contributed by atoms with Crippen LogP contribution in [0.4, 0.5) is 0 Å². The predicted molar refractivity (Wildman–Crippen MR) is 99.2 cm³/mol. The number of nitrogens with one attached hydrogen (secondary N) is 1. The minimum atomic E-state index is 0. The first kappa shape index (κ1) is 17.7. The summed E-state index contributed by atoms with van der Waals surface area (Å²) in [4.78, 5) is 8.83. The van der Waals surface area contributed by atoms with Crippen LogP contribution in [0.2, 0.25) is 0 Å². The topological polar surface area (TPSA) is 68.2 Å². The minimum Gasteiger partial charge on any atom is -0.370 e. The summed E-state index contributed by atoms with van der Waals surface area (Å²) in [7, 11) is 0. The number of hydrogen-bond acceptors (Lipinski definition) is 2. The Morgan fingerprint density at radius 1 is 1.38 bits per heavy atom. The number of rotatable bonds is 5. The Balaban J connectivity index is 0.00000220. The third kappa shape index (κ3) is 4.87. The molecule has 0 spiro atoms. The first-order valence-corrected chi connectivity index (χ1v) is 7.03. The van der Waals surface area contributed by atoms with Crippen molar-refractivity contribution >= 4 is 41.0 Å². The molecule has 6 heteroatoms. The van der Waals surface area contributed by atoms with Gasteiger partial charge in [-0.05, 0) is 25.0 Å². The van der Waals surface area contributed by atoms with Gasteiger partial charge in [0.1, 0.15) is 5.82 Å². The number of halogens is 1. The third-order valence-corrected chi connectivity index (χ3v) is 3.11. The first-order valence-electron chi connectivity index (χ1n) is 7.03. The van der Waals surface area contributed by atoms with E-state index in [0.29, 0.717) is 11.9 Å². The van der Waals surface area contributed by atoms with Crippen LogP contribution in [0.25, 0.3) is 11.0 Å². The summed E-state index contributed by atoms with van der Waals surface area (Å²) in [5, 5.41) is 3.15. The molecule has 5 nitrogen and oxygen atoms in total. The van der Waals surface area contributed by atoms with Gasteiger partial charge in [0.2, 0.25) is 0 Å². The number of benzene rings is 1. The number of hydrogen-bond donors (Lipinski definition) is 2. The zero-order chi connectivity index (χ0) is 14.5. The van der Waals surface area contributed by atoms with Gasteiger partial charge in [-0.1, -0.05) is 26.0 Å². The molecule has 2 aromatic rings. The lowest BCUT2D eigenvalue weighted by Crippen LogP contribution is -2.34. The molecular weight excluding hydrogens is 377 g/mol. The third-order valence-electron chi connectivity index (χ3n) is 3.11. The van der Waals surface area contributed by atoms with Gasteiger partial charge in [0, 0.05) is 19.6 Å². The maximum absolute atomic E-state index is 5.83. The molecule has 3 N–H and O–H groups in total. The van der Waals surface area contributed by atoms with Crippen molar-refractivity contribution in [1.82, 2.24) is 14.9 Å². The maximum Gasteiger partial charge on any atom is 0.188 e. The van der Waals surface area contributed by atoms with E-state index in [0.717, 1.165) is 36.5 Å². The summed E-state index contributed by atoms with van der Waals surface area (Å²) >= 11 is 0. The van der Waals surface area contributed by atoms with Crippen LogP contribution in [0.15, 0.2) is 29.3 Å². The molecule has 0 unspecified atom stereocenters. The number of aryl methyl sites for hydroxylation is 1. The molecule has 21 heavy (non-hydrogen) atoms. The van der Waals surface area contributed by atoms with E-state index < -0.39 is 0 Å². The Hall–Kier alpha value is -1.31. The number of para-hydroxylation sites is 2. The normalized spacial score (nSPS) is 11.7. The Kier molecular flexibility index (Phi) is 6.94. The van der Waals surface area contributed by atoms with Crippen LogP contribution in [-0.4, -0.2) is 28.6 Å². The van der Waals surface area contributed by atoms with Crippen molar-refractivity contribution in [2.45, 2.75) is 27.3 Å². The number of fused-ring (bicyclic) bond motifs is 1. The van der Waals surface area contributed by atoms with Crippen molar-refractivity contribution in [3.05, 3.63) is 30.1 Å². The summed E-state index contributed by atoms with van der Waals surface area (Å²) in [5.74, 6) is 2.06. The Bertz CT molecular complexity index is 603. The van der Waals surface area contributed by atoms with E-state index in [1.54, 1.807) is 0 Å². The molecule has 0 radical (unpaired) electrons. The fraction of sp³-hybridized carbons (Fsp3) is 0.467. The van der Waals surface area contributed by atoms with Crippen LogP contribution >= 0.6 is 24.0 Å². The van der Waals surface area contributed by atoms with Crippen molar-refractivity contribution in [2.75, 3.05) is 13.1 Å². The Morgan fingerprint density at radius 2 is 2.10 bits per heavy atom. The molecule has 1 aromatic carbocycles. The molecule has 2 rings (SSSR count). The highest BCUT2D eigenvalue weighted by Gasteiger charge is 2.05. The second-order valence-corrected chi connectivity index (χ2v) is 5.35. The second kappa shape index (κ2) is 8.21. The van der Waals surface area contributed by atoms with Crippen molar-refractivity contribution in [3.8, 4) is 0 Å². The number of aliphatic imine (C=N–C) groups is 1. The van der Waals surface area contributed by atoms with Crippen molar-refractivity contribution in [1.29, 1.82) is 0 Å². The smallest absolute Gasteiger partial charge is 0.188 e. The summed E-state index contributed by atoms with van der Waals surface area (Å²) < 4.78 is 2.19. The average Bonchev–Trinajstić information content (AvgIpc) is 2.73. The number of imidazole rings is 1. The summed E-state index contributed by atoms with van der Waals surface area (Å²) in [5.41, 5.74) is 8.02. The van der Waals surface area contributed by atoms with Gasteiger partial charge >= 0.3 is 0 Å². The van der Waals surface area contributed by atoms with Crippen LogP contribution in [0.3, 0.4) is 0 Å². The monoisotopic (exact) mass is 401 g/mol. The summed E-state index contributed by atoms with van der Waals surface area (Å²) in [6, 6.07) is 8.16. The molecule has 0 saturated heterocycles. The lowest BCUT2D eigenvalue weighted by atomic mass is 10.2. The van der Waals surface area contributed by atoms with Crippen LogP contribution in [-0.2, 0) is 6.54 Å². The lowest BCUT2D eigenvalue weighted by Gasteiger charge is -2.09. The highest BCUT2D eigenvalue weighted by molar-refractivity contribution is 14.0. The van der Waals surface area contributed by atoms with Gasteiger partial charge in [0.25, 0.3) is 0 Å². The highest BCUT2D eigenvalue weighted by atomic mass is 127. The first-order chi connectivity index (χ1) is 9.58. The van der Waals surface area contributed by atoms with Gasteiger partial charge in [-0.25, -0.2) is 4.98 Å². The van der Waals surface area contributed by atoms with Crippen LogP contribution in [0.5, 0.6) is 0 Å². The summed E-state index contributed by atoms with van der Waals surface area (Å²) in [6.07, 6.45) is 0. The quantitative estimate of drug-likeness (QED) is 0.460. The molecule has 116 valence electrons. The molecule has 1 aromatic heterocycles. The molecule has 0 aliphatic carbocycles. The SMILES string of the molecule is Cc1nc2ccccc2n1CCNC(N)=NCC(C)C.I. The fourth-order valence-corrected chi connectivity index (χ4v) is 2.11. The van der Waals surface area contributed by atoms with Gasteiger partial charge in [-0.15, -0.1) is 24.0 Å². The predicted octanol–water partition coefficient (Wildman–Crippen LogP) is 2.52. The second-order valence-electron chi connectivity index (χ2n) is 5.35. The average molecular weight is 401 g/mol. The molecule has 0 saturated carbocycles.